The Morgan fingerprint density at radius 3 is 2.06 bits per heavy atom. The van der Waals surface area contributed by atoms with Crippen LogP contribution in [-0.4, -0.2) is 7.11 Å². The summed E-state index contributed by atoms with van der Waals surface area (Å²) in [5.41, 5.74) is 3.08. The van der Waals surface area contributed by atoms with Gasteiger partial charge in [0.1, 0.15) is 5.75 Å². The van der Waals surface area contributed by atoms with Crippen LogP contribution in [0.15, 0.2) is 30.3 Å². The number of rotatable bonds is 2. The van der Waals surface area contributed by atoms with Gasteiger partial charge in [-0.1, -0.05) is 40.9 Å². The molecule has 0 radical (unpaired) electrons. The summed E-state index contributed by atoms with van der Waals surface area (Å²) >= 11 is 18.0. The Morgan fingerprint density at radius 2 is 1.56 bits per heavy atom. The molecule has 0 heterocycles. The van der Waals surface area contributed by atoms with Crippen molar-refractivity contribution in [1.82, 2.24) is 0 Å². The maximum atomic E-state index is 6.04. The number of aryl methyl sites for hydroxylation is 1. The number of benzene rings is 2. The van der Waals surface area contributed by atoms with E-state index >= 15 is 0 Å². The average molecular weight is 302 g/mol. The second-order valence-corrected chi connectivity index (χ2v) is 5.13. The highest BCUT2D eigenvalue weighted by Gasteiger charge is 2.09. The molecular weight excluding hydrogens is 291 g/mol. The lowest BCUT2D eigenvalue weighted by atomic mass is 10.0. The molecule has 0 spiro atoms. The Kier molecular flexibility index (Phi) is 4.06. The van der Waals surface area contributed by atoms with Crippen molar-refractivity contribution in [3.63, 3.8) is 0 Å². The summed E-state index contributed by atoms with van der Waals surface area (Å²) in [4.78, 5) is 0. The fourth-order valence-corrected chi connectivity index (χ4v) is 2.39. The number of hydrogen-bond donors (Lipinski definition) is 0. The second-order valence-electron chi connectivity index (χ2n) is 3.93. The molecule has 0 fully saturated rings. The van der Waals surface area contributed by atoms with Crippen LogP contribution in [0, 0.1) is 6.92 Å². The summed E-state index contributed by atoms with van der Waals surface area (Å²) in [6.45, 7) is 2.01. The lowest BCUT2D eigenvalue weighted by Gasteiger charge is -2.10. The third-order valence-corrected chi connectivity index (χ3v) is 3.93. The highest BCUT2D eigenvalue weighted by Crippen LogP contribution is 2.36. The van der Waals surface area contributed by atoms with E-state index < -0.39 is 0 Å². The molecule has 0 bridgehead atoms. The Labute approximate surface area is 121 Å². The summed E-state index contributed by atoms with van der Waals surface area (Å²) < 4.78 is 5.18. The van der Waals surface area contributed by atoms with Crippen molar-refractivity contribution in [2.45, 2.75) is 6.92 Å². The van der Waals surface area contributed by atoms with E-state index in [1.54, 1.807) is 7.11 Å². The van der Waals surface area contributed by atoms with Crippen LogP contribution < -0.4 is 4.74 Å². The van der Waals surface area contributed by atoms with E-state index in [0.29, 0.717) is 15.1 Å². The summed E-state index contributed by atoms with van der Waals surface area (Å²) in [6.07, 6.45) is 0. The van der Waals surface area contributed by atoms with E-state index in [4.69, 9.17) is 39.5 Å². The Hall–Kier alpha value is -0.890. The van der Waals surface area contributed by atoms with Crippen molar-refractivity contribution in [3.05, 3.63) is 51.0 Å². The molecule has 0 amide bonds. The third-order valence-electron chi connectivity index (χ3n) is 2.73. The van der Waals surface area contributed by atoms with Gasteiger partial charge in [0.25, 0.3) is 0 Å². The van der Waals surface area contributed by atoms with Crippen molar-refractivity contribution in [1.29, 1.82) is 0 Å². The first-order valence-corrected chi connectivity index (χ1v) is 6.46. The van der Waals surface area contributed by atoms with Crippen molar-refractivity contribution in [3.8, 4) is 16.9 Å². The van der Waals surface area contributed by atoms with Gasteiger partial charge in [0.2, 0.25) is 0 Å². The van der Waals surface area contributed by atoms with Gasteiger partial charge < -0.3 is 4.74 Å². The highest BCUT2D eigenvalue weighted by molar-refractivity contribution is 6.48. The van der Waals surface area contributed by atoms with Crippen molar-refractivity contribution >= 4 is 34.8 Å². The largest absolute Gasteiger partial charge is 0.497 e. The predicted molar refractivity (Wildman–Crippen MR) is 78.2 cm³/mol. The predicted octanol–water partition coefficient (Wildman–Crippen LogP) is 5.63. The van der Waals surface area contributed by atoms with Gasteiger partial charge in [-0.25, -0.2) is 0 Å². The molecule has 0 aliphatic carbocycles. The second kappa shape index (κ2) is 5.40. The van der Waals surface area contributed by atoms with Crippen molar-refractivity contribution < 1.29 is 4.74 Å². The molecule has 0 N–H and O–H groups in total. The molecule has 0 aromatic heterocycles. The molecule has 2 aromatic carbocycles. The summed E-state index contributed by atoms with van der Waals surface area (Å²) in [6, 6.07) is 9.46. The van der Waals surface area contributed by atoms with Gasteiger partial charge in [-0.15, -0.1) is 0 Å². The lowest BCUT2D eigenvalue weighted by molar-refractivity contribution is 0.414. The molecule has 0 atom stereocenters. The quantitative estimate of drug-likeness (QED) is 0.653. The molecule has 0 aliphatic heterocycles. The Balaban J connectivity index is 2.55. The molecule has 2 aromatic rings. The first kappa shape index (κ1) is 13.5. The molecule has 0 aliphatic rings. The molecule has 0 saturated heterocycles. The van der Waals surface area contributed by atoms with Crippen LogP contribution in [0.3, 0.4) is 0 Å². The minimum Gasteiger partial charge on any atom is -0.497 e. The van der Waals surface area contributed by atoms with Crippen LogP contribution in [0.25, 0.3) is 11.1 Å². The monoisotopic (exact) mass is 300 g/mol. The van der Waals surface area contributed by atoms with Crippen LogP contribution in [0.1, 0.15) is 5.56 Å². The molecule has 94 valence electrons. The average Bonchev–Trinajstić information content (AvgIpc) is 2.35. The smallest absolute Gasteiger partial charge is 0.119 e. The van der Waals surface area contributed by atoms with E-state index in [0.717, 1.165) is 22.4 Å². The van der Waals surface area contributed by atoms with Crippen molar-refractivity contribution in [2.24, 2.45) is 0 Å². The standard InChI is InChI=1S/C14H11Cl3O/c1-8-5-10(18-2)3-4-11(8)9-6-12(15)14(17)13(16)7-9/h3-7H,1-2H3. The topological polar surface area (TPSA) is 9.23 Å². The van der Waals surface area contributed by atoms with Gasteiger partial charge in [-0.2, -0.15) is 0 Å². The Bertz CT molecular complexity index is 571. The third kappa shape index (κ3) is 2.59. The first-order chi connectivity index (χ1) is 8.52. The van der Waals surface area contributed by atoms with Gasteiger partial charge in [0, 0.05) is 0 Å². The molecule has 0 unspecified atom stereocenters. The van der Waals surface area contributed by atoms with Gasteiger partial charge >= 0.3 is 0 Å². The highest BCUT2D eigenvalue weighted by atomic mass is 35.5. The Morgan fingerprint density at radius 1 is 0.944 bits per heavy atom. The minimum absolute atomic E-state index is 0.383. The van der Waals surface area contributed by atoms with E-state index in [2.05, 4.69) is 0 Å². The van der Waals surface area contributed by atoms with Gasteiger partial charge in [0.05, 0.1) is 22.2 Å². The van der Waals surface area contributed by atoms with E-state index in [1.807, 2.05) is 37.3 Å². The number of ether oxygens (including phenoxy) is 1. The fraction of sp³-hybridized carbons (Fsp3) is 0.143. The van der Waals surface area contributed by atoms with Gasteiger partial charge in [-0.3, -0.25) is 0 Å². The summed E-state index contributed by atoms with van der Waals surface area (Å²) in [5.74, 6) is 0.822. The van der Waals surface area contributed by atoms with E-state index in [9.17, 15) is 0 Å². The minimum atomic E-state index is 0.383. The van der Waals surface area contributed by atoms with Crippen LogP contribution in [0.4, 0.5) is 0 Å². The molecule has 1 nitrogen and oxygen atoms in total. The zero-order valence-corrected chi connectivity index (χ0v) is 12.2. The number of halogens is 3. The van der Waals surface area contributed by atoms with Gasteiger partial charge in [-0.05, 0) is 47.9 Å². The summed E-state index contributed by atoms with van der Waals surface area (Å²) in [7, 11) is 1.64. The maximum absolute atomic E-state index is 6.04. The van der Waals surface area contributed by atoms with Gasteiger partial charge in [0.15, 0.2) is 0 Å². The van der Waals surface area contributed by atoms with E-state index in [1.165, 1.54) is 0 Å². The molecular formula is C14H11Cl3O. The number of hydrogen-bond acceptors (Lipinski definition) is 1. The summed E-state index contributed by atoms with van der Waals surface area (Å²) in [5, 5.41) is 1.29. The van der Waals surface area contributed by atoms with Crippen LogP contribution in [0.5, 0.6) is 5.75 Å². The molecule has 2 rings (SSSR count). The van der Waals surface area contributed by atoms with E-state index in [-0.39, 0.29) is 0 Å². The maximum Gasteiger partial charge on any atom is 0.119 e. The SMILES string of the molecule is COc1ccc(-c2cc(Cl)c(Cl)c(Cl)c2)c(C)c1. The van der Waals surface area contributed by atoms with Crippen LogP contribution in [0.2, 0.25) is 15.1 Å². The fourth-order valence-electron chi connectivity index (χ4n) is 1.80. The molecule has 18 heavy (non-hydrogen) atoms. The van der Waals surface area contributed by atoms with Crippen LogP contribution >= 0.6 is 34.8 Å². The normalized spacial score (nSPS) is 10.5. The molecule has 4 heteroatoms. The zero-order valence-electron chi connectivity index (χ0n) is 9.93. The molecule has 0 saturated carbocycles. The van der Waals surface area contributed by atoms with Crippen molar-refractivity contribution in [2.75, 3.05) is 7.11 Å². The number of methoxy groups -OCH3 is 1. The zero-order chi connectivity index (χ0) is 13.3. The van der Waals surface area contributed by atoms with Crippen LogP contribution in [-0.2, 0) is 0 Å². The lowest BCUT2D eigenvalue weighted by Crippen LogP contribution is -1.88. The first-order valence-electron chi connectivity index (χ1n) is 5.32.